The Hall–Kier alpha value is -2.46. The van der Waals surface area contributed by atoms with Gasteiger partial charge in [0.1, 0.15) is 6.04 Å². The maximum Gasteiger partial charge on any atom is 0.320 e. The summed E-state index contributed by atoms with van der Waals surface area (Å²) in [7, 11) is 0. The molecule has 0 aliphatic carbocycles. The summed E-state index contributed by atoms with van der Waals surface area (Å²) >= 11 is 0. The lowest BCUT2D eigenvalue weighted by Crippen LogP contribution is -2.41. The SMILES string of the molecule is Cc1cccc(C(=O)CN(Cc2ccccc2)C(C)C(=O)O)c1. The number of Topliss-reactive ketones (excluding diaryl/α,β-unsaturated/α-hetero) is 1. The van der Waals surface area contributed by atoms with Gasteiger partial charge < -0.3 is 5.11 Å². The van der Waals surface area contributed by atoms with E-state index in [2.05, 4.69) is 0 Å². The van der Waals surface area contributed by atoms with Crippen molar-refractivity contribution in [2.24, 2.45) is 0 Å². The second kappa shape index (κ2) is 7.70. The third kappa shape index (κ3) is 4.76. The Morgan fingerprint density at radius 2 is 1.78 bits per heavy atom. The van der Waals surface area contributed by atoms with Crippen LogP contribution in [0.25, 0.3) is 0 Å². The van der Waals surface area contributed by atoms with Gasteiger partial charge in [0.25, 0.3) is 0 Å². The molecule has 0 aliphatic heterocycles. The van der Waals surface area contributed by atoms with Crippen molar-refractivity contribution >= 4 is 11.8 Å². The highest BCUT2D eigenvalue weighted by Gasteiger charge is 2.23. The van der Waals surface area contributed by atoms with Crippen LogP contribution in [0.15, 0.2) is 54.6 Å². The molecule has 0 aromatic heterocycles. The lowest BCUT2D eigenvalue weighted by molar-refractivity contribution is -0.142. The van der Waals surface area contributed by atoms with Crippen molar-refractivity contribution in [2.75, 3.05) is 6.54 Å². The van der Waals surface area contributed by atoms with Crippen LogP contribution >= 0.6 is 0 Å². The van der Waals surface area contributed by atoms with Crippen LogP contribution in [0.3, 0.4) is 0 Å². The predicted octanol–water partition coefficient (Wildman–Crippen LogP) is 3.15. The van der Waals surface area contributed by atoms with Crippen molar-refractivity contribution < 1.29 is 14.7 Å². The molecule has 23 heavy (non-hydrogen) atoms. The highest BCUT2D eigenvalue weighted by Crippen LogP contribution is 2.12. The quantitative estimate of drug-likeness (QED) is 0.798. The van der Waals surface area contributed by atoms with Crippen molar-refractivity contribution in [3.8, 4) is 0 Å². The fourth-order valence-electron chi connectivity index (χ4n) is 2.40. The average molecular weight is 311 g/mol. The maximum absolute atomic E-state index is 12.5. The van der Waals surface area contributed by atoms with Crippen LogP contribution < -0.4 is 0 Å². The van der Waals surface area contributed by atoms with Crippen molar-refractivity contribution in [1.82, 2.24) is 4.90 Å². The van der Waals surface area contributed by atoms with Gasteiger partial charge in [-0.15, -0.1) is 0 Å². The van der Waals surface area contributed by atoms with Gasteiger partial charge in [0.2, 0.25) is 0 Å². The molecule has 0 bridgehead atoms. The third-order valence-corrected chi connectivity index (χ3v) is 3.82. The Bertz CT molecular complexity index is 682. The van der Waals surface area contributed by atoms with E-state index in [0.717, 1.165) is 11.1 Å². The van der Waals surface area contributed by atoms with E-state index in [-0.39, 0.29) is 12.3 Å². The number of nitrogens with zero attached hydrogens (tertiary/aromatic N) is 1. The van der Waals surface area contributed by atoms with E-state index in [1.165, 1.54) is 0 Å². The number of hydrogen-bond acceptors (Lipinski definition) is 3. The maximum atomic E-state index is 12.5. The molecule has 0 spiro atoms. The molecular weight excluding hydrogens is 290 g/mol. The summed E-state index contributed by atoms with van der Waals surface area (Å²) in [6.07, 6.45) is 0. The number of benzene rings is 2. The molecule has 0 amide bonds. The van der Waals surface area contributed by atoms with Gasteiger partial charge in [-0.3, -0.25) is 14.5 Å². The van der Waals surface area contributed by atoms with Gasteiger partial charge in [-0.2, -0.15) is 0 Å². The largest absolute Gasteiger partial charge is 0.480 e. The van der Waals surface area contributed by atoms with Gasteiger partial charge in [0, 0.05) is 12.1 Å². The molecule has 0 saturated carbocycles. The molecule has 0 saturated heterocycles. The van der Waals surface area contributed by atoms with E-state index < -0.39 is 12.0 Å². The zero-order chi connectivity index (χ0) is 16.8. The minimum absolute atomic E-state index is 0.0715. The third-order valence-electron chi connectivity index (χ3n) is 3.82. The topological polar surface area (TPSA) is 57.6 Å². The summed E-state index contributed by atoms with van der Waals surface area (Å²) in [5, 5.41) is 9.31. The Morgan fingerprint density at radius 3 is 2.39 bits per heavy atom. The molecule has 1 N–H and O–H groups in total. The Labute approximate surface area is 136 Å². The van der Waals surface area contributed by atoms with E-state index >= 15 is 0 Å². The number of aryl methyl sites for hydroxylation is 1. The summed E-state index contributed by atoms with van der Waals surface area (Å²) in [6, 6.07) is 16.2. The second-order valence-electron chi connectivity index (χ2n) is 5.70. The molecular formula is C19H21NO3. The highest BCUT2D eigenvalue weighted by molar-refractivity contribution is 5.98. The average Bonchev–Trinajstić information content (AvgIpc) is 2.54. The van der Waals surface area contributed by atoms with Crippen LogP contribution in [-0.4, -0.2) is 34.3 Å². The summed E-state index contributed by atoms with van der Waals surface area (Å²) in [4.78, 5) is 25.5. The summed E-state index contributed by atoms with van der Waals surface area (Å²) in [6.45, 7) is 4.03. The molecule has 1 atom stereocenters. The van der Waals surface area contributed by atoms with Gasteiger partial charge in [-0.05, 0) is 25.5 Å². The lowest BCUT2D eigenvalue weighted by Gasteiger charge is -2.25. The zero-order valence-corrected chi connectivity index (χ0v) is 13.4. The molecule has 0 fully saturated rings. The number of ketones is 1. The summed E-state index contributed by atoms with van der Waals surface area (Å²) < 4.78 is 0. The Morgan fingerprint density at radius 1 is 1.09 bits per heavy atom. The van der Waals surface area contributed by atoms with Gasteiger partial charge in [-0.1, -0.05) is 54.1 Å². The number of carbonyl (C=O) groups excluding carboxylic acids is 1. The fourth-order valence-corrected chi connectivity index (χ4v) is 2.40. The van der Waals surface area contributed by atoms with Crippen LogP contribution in [0.2, 0.25) is 0 Å². The number of aliphatic carboxylic acids is 1. The van der Waals surface area contributed by atoms with Crippen molar-refractivity contribution in [3.63, 3.8) is 0 Å². The smallest absolute Gasteiger partial charge is 0.320 e. The van der Waals surface area contributed by atoms with Crippen LogP contribution in [0.5, 0.6) is 0 Å². The Balaban J connectivity index is 2.17. The van der Waals surface area contributed by atoms with Gasteiger partial charge in [0.05, 0.1) is 6.54 Å². The van der Waals surface area contributed by atoms with Gasteiger partial charge in [0.15, 0.2) is 5.78 Å². The number of hydrogen-bond donors (Lipinski definition) is 1. The highest BCUT2D eigenvalue weighted by atomic mass is 16.4. The van der Waals surface area contributed by atoms with E-state index in [0.29, 0.717) is 12.1 Å². The van der Waals surface area contributed by atoms with Crippen LogP contribution in [0.1, 0.15) is 28.4 Å². The number of carboxylic acid groups (broad SMARTS) is 1. The molecule has 0 aliphatic rings. The van der Waals surface area contributed by atoms with Crippen molar-refractivity contribution in [2.45, 2.75) is 26.4 Å². The molecule has 2 aromatic rings. The first-order valence-electron chi connectivity index (χ1n) is 7.58. The van der Waals surface area contributed by atoms with Crippen LogP contribution in [0.4, 0.5) is 0 Å². The second-order valence-corrected chi connectivity index (χ2v) is 5.70. The molecule has 0 heterocycles. The van der Waals surface area contributed by atoms with E-state index in [1.54, 1.807) is 17.9 Å². The number of carboxylic acids is 1. The lowest BCUT2D eigenvalue weighted by atomic mass is 10.1. The van der Waals surface area contributed by atoms with E-state index in [4.69, 9.17) is 0 Å². The molecule has 2 aromatic carbocycles. The van der Waals surface area contributed by atoms with Crippen LogP contribution in [-0.2, 0) is 11.3 Å². The molecule has 4 heteroatoms. The number of carbonyl (C=O) groups is 2. The normalized spacial score (nSPS) is 12.1. The predicted molar refractivity (Wildman–Crippen MR) is 89.5 cm³/mol. The molecule has 120 valence electrons. The zero-order valence-electron chi connectivity index (χ0n) is 13.4. The summed E-state index contributed by atoms with van der Waals surface area (Å²) in [5.74, 6) is -1.00. The van der Waals surface area contributed by atoms with E-state index in [9.17, 15) is 14.7 Å². The Kier molecular flexibility index (Phi) is 5.66. The monoisotopic (exact) mass is 311 g/mol. The molecule has 0 radical (unpaired) electrons. The fraction of sp³-hybridized carbons (Fsp3) is 0.263. The first-order valence-corrected chi connectivity index (χ1v) is 7.58. The molecule has 2 rings (SSSR count). The van der Waals surface area contributed by atoms with Crippen molar-refractivity contribution in [3.05, 3.63) is 71.3 Å². The minimum Gasteiger partial charge on any atom is -0.480 e. The standard InChI is InChI=1S/C19H21NO3/c1-14-7-6-10-17(11-14)18(21)13-20(15(2)19(22)23)12-16-8-4-3-5-9-16/h3-11,15H,12-13H2,1-2H3,(H,22,23). The van der Waals surface area contributed by atoms with Gasteiger partial charge in [-0.25, -0.2) is 0 Å². The van der Waals surface area contributed by atoms with Crippen molar-refractivity contribution in [1.29, 1.82) is 0 Å². The van der Waals surface area contributed by atoms with E-state index in [1.807, 2.05) is 55.5 Å². The minimum atomic E-state index is -0.932. The van der Waals surface area contributed by atoms with Gasteiger partial charge >= 0.3 is 5.97 Å². The first-order chi connectivity index (χ1) is 11.0. The van der Waals surface area contributed by atoms with Crippen LogP contribution in [0, 0.1) is 6.92 Å². The number of rotatable bonds is 7. The molecule has 1 unspecified atom stereocenters. The summed E-state index contributed by atoms with van der Waals surface area (Å²) in [5.41, 5.74) is 2.61. The first kappa shape index (κ1) is 16.9. The molecule has 4 nitrogen and oxygen atoms in total.